The second-order valence-corrected chi connectivity index (χ2v) is 15.3. The highest BCUT2D eigenvalue weighted by Gasteiger charge is 2.34. The van der Waals surface area contributed by atoms with E-state index in [1.807, 2.05) is 63.7 Å². The molecule has 0 aliphatic carbocycles. The predicted molar refractivity (Wildman–Crippen MR) is 182 cm³/mol. The molecule has 5 aromatic rings. The molecule has 3 aromatic heterocycles. The van der Waals surface area contributed by atoms with E-state index in [1.54, 1.807) is 17.5 Å². The van der Waals surface area contributed by atoms with Crippen molar-refractivity contribution >= 4 is 40.0 Å². The van der Waals surface area contributed by atoms with Gasteiger partial charge in [0.2, 0.25) is 0 Å². The normalized spacial score (nSPS) is 12.1. The topological polar surface area (TPSA) is 66.2 Å². The summed E-state index contributed by atoms with van der Waals surface area (Å²) in [6, 6.07) is 20.8. The Morgan fingerprint density at radius 3 is 2.43 bits per heavy atom. The Bertz CT molecular complexity index is 1730. The van der Waals surface area contributed by atoms with Gasteiger partial charge >= 0.3 is 5.97 Å². The molecule has 0 aliphatic heterocycles. The van der Waals surface area contributed by atoms with Gasteiger partial charge in [0.15, 0.2) is 0 Å². The number of hydrogen-bond acceptors (Lipinski definition) is 7. The number of carbonyl (C=O) groups is 1. The van der Waals surface area contributed by atoms with Crippen molar-refractivity contribution in [1.82, 2.24) is 14.5 Å². The van der Waals surface area contributed by atoms with Gasteiger partial charge in [-0.1, -0.05) is 51.1 Å². The zero-order valence-electron chi connectivity index (χ0n) is 26.6. The number of fused-ring (bicyclic) bond motifs is 1. The van der Waals surface area contributed by atoms with Crippen molar-refractivity contribution in [2.24, 2.45) is 5.41 Å². The van der Waals surface area contributed by atoms with Crippen LogP contribution >= 0.6 is 23.1 Å². The summed E-state index contributed by atoms with van der Waals surface area (Å²) in [5.74, 6) is 0.598. The number of benzene rings is 2. The van der Waals surface area contributed by atoms with Crippen molar-refractivity contribution < 1.29 is 14.3 Å². The van der Waals surface area contributed by atoms with Crippen LogP contribution in [0.5, 0.6) is 5.75 Å². The molecule has 0 aliphatic rings. The fourth-order valence-electron chi connectivity index (χ4n) is 5.10. The van der Waals surface area contributed by atoms with Crippen molar-refractivity contribution in [3.8, 4) is 16.3 Å². The van der Waals surface area contributed by atoms with Gasteiger partial charge in [-0.25, -0.2) is 4.98 Å². The average molecular weight is 628 g/mol. The third-order valence-corrected chi connectivity index (χ3v) is 9.49. The minimum atomic E-state index is -0.708. The number of aryl methyl sites for hydroxylation is 1. The van der Waals surface area contributed by atoms with Crippen molar-refractivity contribution in [2.75, 3.05) is 6.61 Å². The molecule has 0 amide bonds. The van der Waals surface area contributed by atoms with E-state index in [0.717, 1.165) is 44.3 Å². The molecular formula is C36H41N3O3S2. The van der Waals surface area contributed by atoms with Crippen LogP contribution in [-0.4, -0.2) is 31.9 Å². The Morgan fingerprint density at radius 1 is 1.02 bits per heavy atom. The molecule has 2 aromatic carbocycles. The first kappa shape index (κ1) is 31.8. The van der Waals surface area contributed by atoms with Crippen LogP contribution < -0.4 is 4.74 Å². The number of rotatable bonds is 11. The maximum Gasteiger partial charge on any atom is 0.311 e. The van der Waals surface area contributed by atoms with Gasteiger partial charge in [-0.15, -0.1) is 23.1 Å². The number of pyridine rings is 1. The van der Waals surface area contributed by atoms with E-state index in [-0.39, 0.29) is 10.7 Å². The Morgan fingerprint density at radius 2 is 1.80 bits per heavy atom. The van der Waals surface area contributed by atoms with Crippen molar-refractivity contribution in [3.63, 3.8) is 0 Å². The van der Waals surface area contributed by atoms with E-state index in [1.165, 1.54) is 10.5 Å². The van der Waals surface area contributed by atoms with Crippen LogP contribution in [-0.2, 0) is 29.1 Å². The van der Waals surface area contributed by atoms with Crippen LogP contribution in [0.25, 0.3) is 21.5 Å². The van der Waals surface area contributed by atoms with Gasteiger partial charge in [-0.3, -0.25) is 9.78 Å². The quantitative estimate of drug-likeness (QED) is 0.107. The Hall–Kier alpha value is -3.62. The highest BCUT2D eigenvalue weighted by atomic mass is 32.2. The molecule has 3 heterocycles. The van der Waals surface area contributed by atoms with E-state index >= 15 is 0 Å². The number of esters is 1. The van der Waals surface area contributed by atoms with Crippen molar-refractivity contribution in [1.29, 1.82) is 0 Å². The summed E-state index contributed by atoms with van der Waals surface area (Å²) in [5, 5.41) is 4.22. The van der Waals surface area contributed by atoms with E-state index in [4.69, 9.17) is 9.47 Å². The maximum atomic E-state index is 13.1. The molecule has 44 heavy (non-hydrogen) atoms. The molecule has 0 bridgehead atoms. The third-order valence-electron chi connectivity index (χ3n) is 7.21. The standard InChI is InChI=1S/C36H41N3O3S2/c1-8-41-34(40)36(6,7)20-31-32(44-35(3,4)5)29-19-28(42-22-27-11-9-10-18-37-27)16-17-30(29)39(31)21-25-12-14-26(15-13-25)33-38-24(2)23-43-33/h9-19,23H,8,20-22H2,1-7H3. The Labute approximate surface area is 268 Å². The van der Waals surface area contributed by atoms with Crippen molar-refractivity contribution in [2.45, 2.75) is 77.7 Å². The van der Waals surface area contributed by atoms with Gasteiger partial charge in [-0.05, 0) is 63.6 Å². The fraction of sp³-hybridized carbons (Fsp3) is 0.361. The molecule has 8 heteroatoms. The number of thiazole rings is 1. The lowest BCUT2D eigenvalue weighted by Gasteiger charge is -2.26. The molecule has 230 valence electrons. The van der Waals surface area contributed by atoms with Gasteiger partial charge in [-0.2, -0.15) is 0 Å². The number of thioether (sulfide) groups is 1. The lowest BCUT2D eigenvalue weighted by molar-refractivity contribution is -0.153. The molecule has 0 atom stereocenters. The zero-order valence-corrected chi connectivity index (χ0v) is 28.3. The Kier molecular flexibility index (Phi) is 9.51. The molecule has 0 spiro atoms. The smallest absolute Gasteiger partial charge is 0.311 e. The van der Waals surface area contributed by atoms with Crippen LogP contribution in [0.4, 0.5) is 0 Å². The summed E-state index contributed by atoms with van der Waals surface area (Å²) >= 11 is 3.49. The molecule has 0 fully saturated rings. The van der Waals surface area contributed by atoms with Gasteiger partial charge in [0, 0.05) is 62.0 Å². The monoisotopic (exact) mass is 627 g/mol. The van der Waals surface area contributed by atoms with Crippen LogP contribution in [0.3, 0.4) is 0 Å². The van der Waals surface area contributed by atoms with Crippen LogP contribution in [0.1, 0.15) is 64.2 Å². The van der Waals surface area contributed by atoms with E-state index in [0.29, 0.717) is 26.2 Å². The number of nitrogens with zero attached hydrogens (tertiary/aromatic N) is 3. The summed E-state index contributed by atoms with van der Waals surface area (Å²) in [6.07, 6.45) is 2.32. The summed E-state index contributed by atoms with van der Waals surface area (Å²) in [5.41, 5.74) is 5.73. The van der Waals surface area contributed by atoms with Crippen LogP contribution in [0.2, 0.25) is 0 Å². The lowest BCUT2D eigenvalue weighted by atomic mass is 9.87. The summed E-state index contributed by atoms with van der Waals surface area (Å²) in [4.78, 5) is 23.4. The second-order valence-electron chi connectivity index (χ2n) is 12.6. The molecule has 0 radical (unpaired) electrons. The first-order valence-corrected chi connectivity index (χ1v) is 16.7. The lowest BCUT2D eigenvalue weighted by Crippen LogP contribution is -2.30. The number of carbonyl (C=O) groups excluding carboxylic acids is 1. The number of aromatic nitrogens is 3. The molecule has 0 saturated carbocycles. The average Bonchev–Trinajstić information content (AvgIpc) is 3.53. The van der Waals surface area contributed by atoms with E-state index < -0.39 is 5.41 Å². The summed E-state index contributed by atoms with van der Waals surface area (Å²) < 4.78 is 14.1. The molecule has 0 saturated heterocycles. The van der Waals surface area contributed by atoms with Gasteiger partial charge in [0.05, 0.1) is 17.7 Å². The largest absolute Gasteiger partial charge is 0.487 e. The maximum absolute atomic E-state index is 13.1. The molecule has 5 rings (SSSR count). The second kappa shape index (κ2) is 13.2. The first-order valence-electron chi connectivity index (χ1n) is 15.0. The van der Waals surface area contributed by atoms with Crippen molar-refractivity contribution in [3.05, 3.63) is 94.9 Å². The first-order chi connectivity index (χ1) is 20.9. The summed E-state index contributed by atoms with van der Waals surface area (Å²) in [7, 11) is 0. The van der Waals surface area contributed by atoms with Gasteiger partial charge in [0.1, 0.15) is 17.4 Å². The molecule has 0 N–H and O–H groups in total. The number of hydrogen-bond donors (Lipinski definition) is 0. The molecule has 0 unspecified atom stereocenters. The fourth-order valence-corrected chi connectivity index (χ4v) is 7.09. The van der Waals surface area contributed by atoms with Crippen LogP contribution in [0.15, 0.2) is 77.1 Å². The minimum absolute atomic E-state index is 0.0553. The molecule has 6 nitrogen and oxygen atoms in total. The highest BCUT2D eigenvalue weighted by molar-refractivity contribution is 8.00. The van der Waals surface area contributed by atoms with E-state index in [2.05, 4.69) is 77.1 Å². The zero-order chi connectivity index (χ0) is 31.5. The van der Waals surface area contributed by atoms with Gasteiger partial charge in [0.25, 0.3) is 0 Å². The van der Waals surface area contributed by atoms with Gasteiger partial charge < -0.3 is 14.0 Å². The highest BCUT2D eigenvalue weighted by Crippen LogP contribution is 2.44. The third kappa shape index (κ3) is 7.53. The summed E-state index contributed by atoms with van der Waals surface area (Å²) in [6.45, 7) is 15.9. The predicted octanol–water partition coefficient (Wildman–Crippen LogP) is 9.12. The minimum Gasteiger partial charge on any atom is -0.487 e. The van der Waals surface area contributed by atoms with E-state index in [9.17, 15) is 4.79 Å². The number of ether oxygens (including phenoxy) is 2. The molecular weight excluding hydrogens is 587 g/mol. The Balaban J connectivity index is 1.59. The van der Waals surface area contributed by atoms with Crippen LogP contribution in [0, 0.1) is 12.3 Å². The SMILES string of the molecule is CCOC(=O)C(C)(C)Cc1c(SC(C)(C)C)c2cc(OCc3ccccn3)ccc2n1Cc1ccc(-c2nc(C)cs2)cc1.